The Hall–Kier alpha value is -2.89. The van der Waals surface area contributed by atoms with Gasteiger partial charge in [0.05, 0.1) is 18.6 Å². The fourth-order valence-electron chi connectivity index (χ4n) is 3.87. The minimum Gasteiger partial charge on any atom is -0.481 e. The van der Waals surface area contributed by atoms with Gasteiger partial charge in [-0.15, -0.1) is 0 Å². The molecular weight excluding hydrogens is 378 g/mol. The number of aromatic nitrogens is 1. The lowest BCUT2D eigenvalue weighted by molar-refractivity contribution is -0.139. The van der Waals surface area contributed by atoms with E-state index in [1.165, 1.54) is 5.56 Å². The number of carbonyl (C=O) groups is 1. The molecule has 1 heterocycles. The van der Waals surface area contributed by atoms with Crippen molar-refractivity contribution in [2.75, 3.05) is 0 Å². The molecule has 2 atom stereocenters. The first-order valence-corrected chi connectivity index (χ1v) is 10.2. The molecular formula is C25H29NO4. The first kappa shape index (κ1) is 21.8. The number of nitrogens with zero attached hydrogens (tertiary/aromatic N) is 1. The Morgan fingerprint density at radius 1 is 1.07 bits per heavy atom. The van der Waals surface area contributed by atoms with Gasteiger partial charge >= 0.3 is 5.97 Å². The SMILES string of the molecule is Cc1ccc(-c2c(/C=C/[C@@H](O)C[C@@H](O)CC(=O)O)n(C(C)C)c3ccccc23)cc1. The third kappa shape index (κ3) is 4.81. The maximum absolute atomic E-state index is 10.8. The zero-order valence-electron chi connectivity index (χ0n) is 17.6. The van der Waals surface area contributed by atoms with E-state index in [0.29, 0.717) is 0 Å². The molecule has 30 heavy (non-hydrogen) atoms. The van der Waals surface area contributed by atoms with E-state index in [1.54, 1.807) is 6.08 Å². The van der Waals surface area contributed by atoms with Crippen LogP contribution in [-0.4, -0.2) is 38.1 Å². The van der Waals surface area contributed by atoms with Gasteiger partial charge in [-0.1, -0.05) is 54.1 Å². The lowest BCUT2D eigenvalue weighted by atomic mass is 10.00. The largest absolute Gasteiger partial charge is 0.481 e. The highest BCUT2D eigenvalue weighted by atomic mass is 16.4. The van der Waals surface area contributed by atoms with Crippen molar-refractivity contribution in [3.05, 3.63) is 65.9 Å². The Kier molecular flexibility index (Phi) is 6.75. The molecule has 5 heteroatoms. The van der Waals surface area contributed by atoms with E-state index in [0.717, 1.165) is 27.7 Å². The summed E-state index contributed by atoms with van der Waals surface area (Å²) in [6.45, 7) is 6.30. The zero-order valence-corrected chi connectivity index (χ0v) is 17.6. The maximum Gasteiger partial charge on any atom is 0.305 e. The minimum atomic E-state index is -1.09. The molecule has 158 valence electrons. The molecule has 0 amide bonds. The van der Waals surface area contributed by atoms with E-state index in [9.17, 15) is 15.0 Å². The summed E-state index contributed by atoms with van der Waals surface area (Å²) in [6, 6.07) is 16.8. The molecule has 0 unspecified atom stereocenters. The number of para-hydroxylation sites is 1. The molecule has 0 fully saturated rings. The number of fused-ring (bicyclic) bond motifs is 1. The highest BCUT2D eigenvalue weighted by molar-refractivity contribution is 6.01. The molecule has 0 saturated heterocycles. The Labute approximate surface area is 176 Å². The molecule has 0 aliphatic heterocycles. The lowest BCUT2D eigenvalue weighted by Crippen LogP contribution is -2.19. The molecule has 3 aromatic rings. The number of carboxylic acids is 1. The van der Waals surface area contributed by atoms with E-state index in [-0.39, 0.29) is 18.9 Å². The molecule has 3 rings (SSSR count). The number of benzene rings is 2. The Morgan fingerprint density at radius 3 is 2.37 bits per heavy atom. The molecule has 5 nitrogen and oxygen atoms in total. The van der Waals surface area contributed by atoms with E-state index < -0.39 is 18.2 Å². The summed E-state index contributed by atoms with van der Waals surface area (Å²) in [6.07, 6.45) is 1.08. The average Bonchev–Trinajstić information content (AvgIpc) is 3.00. The van der Waals surface area contributed by atoms with Crippen LogP contribution < -0.4 is 0 Å². The number of hydrogen-bond acceptors (Lipinski definition) is 3. The third-order valence-corrected chi connectivity index (χ3v) is 5.21. The van der Waals surface area contributed by atoms with Gasteiger partial charge in [0.2, 0.25) is 0 Å². The smallest absolute Gasteiger partial charge is 0.305 e. The normalized spacial score (nSPS) is 13.9. The average molecular weight is 408 g/mol. The molecule has 0 radical (unpaired) electrons. The second kappa shape index (κ2) is 9.28. The van der Waals surface area contributed by atoms with Crippen LogP contribution in [0.1, 0.15) is 44.0 Å². The summed E-state index contributed by atoms with van der Waals surface area (Å²) < 4.78 is 2.24. The van der Waals surface area contributed by atoms with Gasteiger partial charge in [-0.2, -0.15) is 0 Å². The number of hydrogen-bond donors (Lipinski definition) is 3. The van der Waals surface area contributed by atoms with E-state index in [4.69, 9.17) is 5.11 Å². The van der Waals surface area contributed by atoms with Gasteiger partial charge in [-0.05, 0) is 38.5 Å². The molecule has 1 aromatic heterocycles. The van der Waals surface area contributed by atoms with Crippen molar-refractivity contribution in [3.8, 4) is 11.1 Å². The van der Waals surface area contributed by atoms with Crippen LogP contribution >= 0.6 is 0 Å². The Bertz CT molecular complexity index is 1050. The highest BCUT2D eigenvalue weighted by Crippen LogP contribution is 2.38. The van der Waals surface area contributed by atoms with Gasteiger partial charge in [-0.25, -0.2) is 0 Å². The summed E-state index contributed by atoms with van der Waals surface area (Å²) in [4.78, 5) is 10.8. The van der Waals surface area contributed by atoms with Crippen molar-refractivity contribution in [2.45, 2.75) is 51.9 Å². The van der Waals surface area contributed by atoms with Crippen molar-refractivity contribution < 1.29 is 20.1 Å². The third-order valence-electron chi connectivity index (χ3n) is 5.21. The van der Waals surface area contributed by atoms with Crippen LogP contribution in [0.15, 0.2) is 54.6 Å². The first-order valence-electron chi connectivity index (χ1n) is 10.2. The number of carboxylic acid groups (broad SMARTS) is 1. The van der Waals surface area contributed by atoms with E-state index >= 15 is 0 Å². The van der Waals surface area contributed by atoms with Crippen molar-refractivity contribution in [3.63, 3.8) is 0 Å². The van der Waals surface area contributed by atoms with Crippen molar-refractivity contribution in [1.29, 1.82) is 0 Å². The fourth-order valence-corrected chi connectivity index (χ4v) is 3.87. The van der Waals surface area contributed by atoms with Crippen LogP contribution in [0, 0.1) is 6.92 Å². The predicted molar refractivity (Wildman–Crippen MR) is 120 cm³/mol. The first-order chi connectivity index (χ1) is 14.3. The van der Waals surface area contributed by atoms with Crippen molar-refractivity contribution in [2.24, 2.45) is 0 Å². The van der Waals surface area contributed by atoms with E-state index in [2.05, 4.69) is 61.7 Å². The van der Waals surface area contributed by atoms with Gasteiger partial charge < -0.3 is 19.9 Å². The predicted octanol–water partition coefficient (Wildman–Crippen LogP) is 4.80. The van der Waals surface area contributed by atoms with Gasteiger partial charge in [0.15, 0.2) is 0 Å². The minimum absolute atomic E-state index is 0.0232. The fraction of sp³-hybridized carbons (Fsp3) is 0.320. The highest BCUT2D eigenvalue weighted by Gasteiger charge is 2.19. The van der Waals surface area contributed by atoms with Crippen LogP contribution in [0.5, 0.6) is 0 Å². The second-order valence-electron chi connectivity index (χ2n) is 8.02. The topological polar surface area (TPSA) is 82.7 Å². The molecule has 0 aliphatic carbocycles. The van der Waals surface area contributed by atoms with Crippen LogP contribution in [0.4, 0.5) is 0 Å². The van der Waals surface area contributed by atoms with Crippen molar-refractivity contribution in [1.82, 2.24) is 4.57 Å². The van der Waals surface area contributed by atoms with Crippen LogP contribution in [0.3, 0.4) is 0 Å². The van der Waals surface area contributed by atoms with Crippen LogP contribution in [-0.2, 0) is 4.79 Å². The second-order valence-corrected chi connectivity index (χ2v) is 8.02. The Morgan fingerprint density at radius 2 is 1.73 bits per heavy atom. The number of aliphatic carboxylic acids is 1. The maximum atomic E-state index is 10.8. The number of aliphatic hydroxyl groups excluding tert-OH is 2. The quantitative estimate of drug-likeness (QED) is 0.501. The molecule has 0 saturated carbocycles. The zero-order chi connectivity index (χ0) is 21.8. The van der Waals surface area contributed by atoms with Gasteiger partial charge in [0.25, 0.3) is 0 Å². The monoisotopic (exact) mass is 407 g/mol. The van der Waals surface area contributed by atoms with Crippen LogP contribution in [0.2, 0.25) is 0 Å². The van der Waals surface area contributed by atoms with E-state index in [1.807, 2.05) is 18.2 Å². The van der Waals surface area contributed by atoms with Crippen LogP contribution in [0.25, 0.3) is 28.1 Å². The number of rotatable bonds is 8. The van der Waals surface area contributed by atoms with Gasteiger partial charge in [0.1, 0.15) is 0 Å². The summed E-state index contributed by atoms with van der Waals surface area (Å²) in [7, 11) is 0. The standard InChI is InChI=1S/C25H29NO4/c1-16(2)26-22-7-5-4-6-21(22)25(18-10-8-17(3)9-11-18)23(26)13-12-19(27)14-20(28)15-24(29)30/h4-13,16,19-20,27-28H,14-15H2,1-3H3,(H,29,30)/b13-12+/t19-,20-/m1/s1. The Balaban J connectivity index is 2.08. The van der Waals surface area contributed by atoms with Gasteiger partial charge in [-0.3, -0.25) is 4.79 Å². The summed E-state index contributed by atoms with van der Waals surface area (Å²) in [5.41, 5.74) is 5.46. The molecule has 0 bridgehead atoms. The molecule has 2 aromatic carbocycles. The molecule has 0 aliphatic rings. The summed E-state index contributed by atoms with van der Waals surface area (Å²) in [5, 5.41) is 30.1. The lowest BCUT2D eigenvalue weighted by Gasteiger charge is -2.15. The van der Waals surface area contributed by atoms with Crippen molar-refractivity contribution >= 4 is 22.9 Å². The summed E-state index contributed by atoms with van der Waals surface area (Å²) >= 11 is 0. The number of aliphatic hydroxyl groups is 2. The number of aryl methyl sites for hydroxylation is 1. The van der Waals surface area contributed by atoms with Gasteiger partial charge in [0, 0.05) is 34.6 Å². The summed E-state index contributed by atoms with van der Waals surface area (Å²) in [5.74, 6) is -1.08. The molecule has 3 N–H and O–H groups in total. The molecule has 0 spiro atoms.